The zero-order valence-corrected chi connectivity index (χ0v) is 17.1. The Morgan fingerprint density at radius 3 is 2.72 bits per heavy atom. The number of nitrogens with zero attached hydrogens (tertiary/aromatic N) is 2. The van der Waals surface area contributed by atoms with Crippen LogP contribution in [0.1, 0.15) is 21.7 Å². The molecule has 1 amide bonds. The number of carbonyl (C=O) groups excluding carboxylic acids is 1. The van der Waals surface area contributed by atoms with Gasteiger partial charge in [-0.05, 0) is 36.8 Å². The molecule has 0 aliphatic rings. The summed E-state index contributed by atoms with van der Waals surface area (Å²) in [5.74, 6) is 0.645. The van der Waals surface area contributed by atoms with Crippen LogP contribution >= 0.6 is 15.9 Å². The van der Waals surface area contributed by atoms with Crippen LogP contribution in [-0.4, -0.2) is 24.2 Å². The van der Waals surface area contributed by atoms with Gasteiger partial charge >= 0.3 is 0 Å². The number of nitro groups is 1. The predicted octanol–water partition coefficient (Wildman–Crippen LogP) is 4.70. The summed E-state index contributed by atoms with van der Waals surface area (Å²) in [7, 11) is 1.37. The van der Waals surface area contributed by atoms with Gasteiger partial charge in [0.1, 0.15) is 17.3 Å². The molecule has 2 aromatic carbocycles. The van der Waals surface area contributed by atoms with Crippen LogP contribution < -0.4 is 10.2 Å². The van der Waals surface area contributed by atoms with Crippen molar-refractivity contribution in [3.8, 4) is 17.1 Å². The number of methoxy groups -OCH3 is 1. The molecule has 148 valence electrons. The van der Waals surface area contributed by atoms with Gasteiger partial charge in [-0.2, -0.15) is 5.10 Å². The van der Waals surface area contributed by atoms with Crippen molar-refractivity contribution in [2.24, 2.45) is 5.10 Å². The quantitative estimate of drug-likeness (QED) is 0.328. The zero-order valence-electron chi connectivity index (χ0n) is 15.5. The summed E-state index contributed by atoms with van der Waals surface area (Å²) in [4.78, 5) is 22.7. The zero-order chi connectivity index (χ0) is 21.0. The van der Waals surface area contributed by atoms with E-state index in [-0.39, 0.29) is 17.0 Å². The summed E-state index contributed by atoms with van der Waals surface area (Å²) in [5.41, 5.74) is 4.10. The second kappa shape index (κ2) is 8.70. The van der Waals surface area contributed by atoms with Crippen molar-refractivity contribution < 1.29 is 18.9 Å². The van der Waals surface area contributed by atoms with Crippen molar-refractivity contribution in [1.82, 2.24) is 5.43 Å². The number of carbonyl (C=O) groups is 1. The van der Waals surface area contributed by atoms with Crippen LogP contribution in [0.2, 0.25) is 0 Å². The van der Waals surface area contributed by atoms with Gasteiger partial charge in [0.25, 0.3) is 11.6 Å². The van der Waals surface area contributed by atoms with Gasteiger partial charge in [0.05, 0.1) is 23.8 Å². The number of nitro benzene ring substituents is 1. The topological polar surface area (TPSA) is 107 Å². The second-order valence-corrected chi connectivity index (χ2v) is 6.86. The Kier molecular flexibility index (Phi) is 6.08. The highest BCUT2D eigenvalue weighted by Crippen LogP contribution is 2.27. The van der Waals surface area contributed by atoms with Gasteiger partial charge in [-0.15, -0.1) is 0 Å². The highest BCUT2D eigenvalue weighted by atomic mass is 79.9. The van der Waals surface area contributed by atoms with Gasteiger partial charge in [0.2, 0.25) is 0 Å². The minimum Gasteiger partial charge on any atom is -0.496 e. The molecule has 0 fully saturated rings. The molecule has 3 aromatic rings. The SMILES string of the molecule is COc1ccc([N+](=O)[O-])cc1C(=O)N/N=C\c1ccc(-c2ccc(C)c(Br)c2)o1. The molecule has 9 heteroatoms. The normalized spacial score (nSPS) is 10.9. The third kappa shape index (κ3) is 4.69. The fourth-order valence-electron chi connectivity index (χ4n) is 2.53. The van der Waals surface area contributed by atoms with Crippen LogP contribution in [0, 0.1) is 17.0 Å². The summed E-state index contributed by atoms with van der Waals surface area (Å²) in [6.45, 7) is 1.99. The fourth-order valence-corrected chi connectivity index (χ4v) is 2.90. The Labute approximate surface area is 174 Å². The van der Waals surface area contributed by atoms with Crippen molar-refractivity contribution >= 4 is 33.7 Å². The average Bonchev–Trinajstić information content (AvgIpc) is 3.18. The maximum Gasteiger partial charge on any atom is 0.275 e. The molecular weight excluding hydrogens is 442 g/mol. The summed E-state index contributed by atoms with van der Waals surface area (Å²) in [6.07, 6.45) is 1.34. The average molecular weight is 458 g/mol. The number of benzene rings is 2. The number of aryl methyl sites for hydroxylation is 1. The van der Waals surface area contributed by atoms with E-state index in [0.717, 1.165) is 21.7 Å². The van der Waals surface area contributed by atoms with Crippen LogP contribution in [0.25, 0.3) is 11.3 Å². The largest absolute Gasteiger partial charge is 0.496 e. The maximum atomic E-state index is 12.3. The lowest BCUT2D eigenvalue weighted by Gasteiger charge is -2.06. The number of rotatable bonds is 6. The molecule has 0 aliphatic heterocycles. The van der Waals surface area contributed by atoms with E-state index in [1.54, 1.807) is 12.1 Å². The summed E-state index contributed by atoms with van der Waals surface area (Å²) >= 11 is 3.49. The first-order valence-electron chi connectivity index (χ1n) is 8.41. The molecule has 29 heavy (non-hydrogen) atoms. The van der Waals surface area contributed by atoms with Gasteiger partial charge < -0.3 is 9.15 Å². The van der Waals surface area contributed by atoms with Gasteiger partial charge in [0, 0.05) is 22.2 Å². The highest BCUT2D eigenvalue weighted by Gasteiger charge is 2.17. The van der Waals surface area contributed by atoms with Crippen molar-refractivity contribution in [3.63, 3.8) is 0 Å². The molecular formula is C20H16BrN3O5. The van der Waals surface area contributed by atoms with Gasteiger partial charge in [0.15, 0.2) is 0 Å². The number of hydrazone groups is 1. The molecule has 0 atom stereocenters. The number of ether oxygens (including phenoxy) is 1. The number of non-ortho nitro benzene ring substituents is 1. The molecule has 0 saturated carbocycles. The fraction of sp³-hybridized carbons (Fsp3) is 0.100. The molecule has 1 aromatic heterocycles. The van der Waals surface area contributed by atoms with Gasteiger partial charge in [-0.1, -0.05) is 28.1 Å². The first-order chi connectivity index (χ1) is 13.9. The number of halogens is 1. The minimum atomic E-state index is -0.643. The van der Waals surface area contributed by atoms with E-state index in [2.05, 4.69) is 26.5 Å². The highest BCUT2D eigenvalue weighted by molar-refractivity contribution is 9.10. The van der Waals surface area contributed by atoms with Crippen LogP contribution in [0.3, 0.4) is 0 Å². The first-order valence-corrected chi connectivity index (χ1v) is 9.20. The number of amides is 1. The Bertz CT molecular complexity index is 1110. The maximum absolute atomic E-state index is 12.3. The van der Waals surface area contributed by atoms with E-state index in [4.69, 9.17) is 9.15 Å². The van der Waals surface area contributed by atoms with E-state index in [1.807, 2.05) is 25.1 Å². The van der Waals surface area contributed by atoms with Crippen molar-refractivity contribution in [3.05, 3.63) is 80.0 Å². The second-order valence-electron chi connectivity index (χ2n) is 6.01. The molecule has 1 heterocycles. The van der Waals surface area contributed by atoms with Gasteiger partial charge in [-0.25, -0.2) is 5.43 Å². The molecule has 0 aliphatic carbocycles. The molecule has 0 radical (unpaired) electrons. The summed E-state index contributed by atoms with van der Waals surface area (Å²) in [6, 6.07) is 13.1. The number of nitrogens with one attached hydrogen (secondary N) is 1. The molecule has 0 unspecified atom stereocenters. The van der Waals surface area contributed by atoms with Gasteiger partial charge in [-0.3, -0.25) is 14.9 Å². The van der Waals surface area contributed by atoms with Crippen molar-refractivity contribution in [2.45, 2.75) is 6.92 Å². The monoisotopic (exact) mass is 457 g/mol. The van der Waals surface area contributed by atoms with Crippen LogP contribution in [0.5, 0.6) is 5.75 Å². The van der Waals surface area contributed by atoms with Crippen LogP contribution in [0.4, 0.5) is 5.69 Å². The van der Waals surface area contributed by atoms with E-state index in [1.165, 1.54) is 25.5 Å². The predicted molar refractivity (Wildman–Crippen MR) is 111 cm³/mol. The molecule has 1 N–H and O–H groups in total. The number of furan rings is 1. The lowest BCUT2D eigenvalue weighted by atomic mass is 10.1. The van der Waals surface area contributed by atoms with Crippen molar-refractivity contribution in [1.29, 1.82) is 0 Å². The Morgan fingerprint density at radius 2 is 2.03 bits per heavy atom. The molecule has 8 nitrogen and oxygen atoms in total. The molecule has 0 bridgehead atoms. The van der Waals surface area contributed by atoms with Crippen LogP contribution in [-0.2, 0) is 0 Å². The standard InChI is InChI=1S/C20H16BrN3O5/c1-12-3-4-13(9-17(12)21)18-8-6-15(29-18)11-22-23-20(25)16-10-14(24(26)27)5-7-19(16)28-2/h3-11H,1-2H3,(H,23,25)/b22-11-. The smallest absolute Gasteiger partial charge is 0.275 e. The molecule has 3 rings (SSSR count). The minimum absolute atomic E-state index is 0.00323. The Hall–Kier alpha value is -3.46. The molecule has 0 saturated heterocycles. The van der Waals surface area contributed by atoms with Crippen molar-refractivity contribution in [2.75, 3.05) is 7.11 Å². The summed E-state index contributed by atoms with van der Waals surface area (Å²) in [5, 5.41) is 14.8. The Balaban J connectivity index is 1.73. The lowest BCUT2D eigenvalue weighted by Crippen LogP contribution is -2.18. The lowest BCUT2D eigenvalue weighted by molar-refractivity contribution is -0.384. The summed E-state index contributed by atoms with van der Waals surface area (Å²) < 4.78 is 11.8. The van der Waals surface area contributed by atoms with Crippen LogP contribution in [0.15, 0.2) is 62.5 Å². The van der Waals surface area contributed by atoms with E-state index >= 15 is 0 Å². The van der Waals surface area contributed by atoms with E-state index in [0.29, 0.717) is 11.5 Å². The first kappa shape index (κ1) is 20.3. The number of hydrogen-bond donors (Lipinski definition) is 1. The van der Waals surface area contributed by atoms with E-state index in [9.17, 15) is 14.9 Å². The third-order valence-electron chi connectivity index (χ3n) is 4.08. The molecule has 0 spiro atoms. The third-order valence-corrected chi connectivity index (χ3v) is 4.93. The Morgan fingerprint density at radius 1 is 1.24 bits per heavy atom. The number of hydrogen-bond acceptors (Lipinski definition) is 6. The van der Waals surface area contributed by atoms with E-state index < -0.39 is 10.8 Å².